The van der Waals surface area contributed by atoms with Crippen LogP contribution in [-0.2, 0) is 16.0 Å². The van der Waals surface area contributed by atoms with Gasteiger partial charge < -0.3 is 9.84 Å². The first-order chi connectivity index (χ1) is 16.0. The summed E-state index contributed by atoms with van der Waals surface area (Å²) in [5.74, 6) is 0.184. The molecular weight excluding hydrogens is 436 g/mol. The average Bonchev–Trinajstić information content (AvgIpc) is 2.80. The summed E-state index contributed by atoms with van der Waals surface area (Å²) in [5, 5.41) is 12.7. The van der Waals surface area contributed by atoms with Crippen molar-refractivity contribution in [3.8, 4) is 17.2 Å². The van der Waals surface area contributed by atoms with E-state index >= 15 is 0 Å². The standard InChI is InChI=1S/C26H20N2O4S/c1-2-7-21-17(8-6-11-23(21)29)16-22-24(30)27-26(33)28(25(22)31)18-12-14-20(15-13-18)32-19-9-4-3-5-10-19/h2-6,8-16,29H,1,7H2,(H,27,30,33). The predicted octanol–water partition coefficient (Wildman–Crippen LogP) is 4.74. The highest BCUT2D eigenvalue weighted by Crippen LogP contribution is 2.29. The van der Waals surface area contributed by atoms with Crippen molar-refractivity contribution in [2.45, 2.75) is 6.42 Å². The second kappa shape index (κ2) is 9.50. The summed E-state index contributed by atoms with van der Waals surface area (Å²) in [5.41, 5.74) is 1.51. The highest BCUT2D eigenvalue weighted by atomic mass is 32.1. The first kappa shape index (κ1) is 22.0. The molecule has 0 aromatic heterocycles. The molecule has 0 atom stereocenters. The van der Waals surface area contributed by atoms with Crippen molar-refractivity contribution in [2.75, 3.05) is 4.90 Å². The summed E-state index contributed by atoms with van der Waals surface area (Å²) in [7, 11) is 0. The van der Waals surface area contributed by atoms with E-state index in [9.17, 15) is 14.7 Å². The van der Waals surface area contributed by atoms with Crippen LogP contribution in [0.4, 0.5) is 5.69 Å². The molecule has 1 aliphatic rings. The van der Waals surface area contributed by atoms with Crippen LogP contribution in [0, 0.1) is 0 Å². The zero-order chi connectivity index (χ0) is 23.4. The number of anilines is 1. The summed E-state index contributed by atoms with van der Waals surface area (Å²) in [4.78, 5) is 27.1. The van der Waals surface area contributed by atoms with E-state index in [-0.39, 0.29) is 16.4 Å². The number of rotatable bonds is 6. The molecule has 2 N–H and O–H groups in total. The molecule has 0 aliphatic carbocycles. The molecule has 1 saturated heterocycles. The maximum absolute atomic E-state index is 13.3. The van der Waals surface area contributed by atoms with Gasteiger partial charge in [0.05, 0.1) is 5.69 Å². The highest BCUT2D eigenvalue weighted by Gasteiger charge is 2.34. The Morgan fingerprint density at radius 2 is 1.67 bits per heavy atom. The van der Waals surface area contributed by atoms with E-state index in [0.717, 1.165) is 0 Å². The number of carbonyl (C=O) groups is 2. The van der Waals surface area contributed by atoms with Gasteiger partial charge in [-0.05, 0) is 72.7 Å². The van der Waals surface area contributed by atoms with E-state index in [1.54, 1.807) is 48.5 Å². The van der Waals surface area contributed by atoms with Gasteiger partial charge >= 0.3 is 0 Å². The van der Waals surface area contributed by atoms with Gasteiger partial charge in [0.2, 0.25) is 0 Å². The molecule has 1 aliphatic heterocycles. The molecule has 0 saturated carbocycles. The highest BCUT2D eigenvalue weighted by molar-refractivity contribution is 7.80. The third kappa shape index (κ3) is 4.68. The van der Waals surface area contributed by atoms with Crippen LogP contribution in [0.1, 0.15) is 11.1 Å². The number of nitrogens with one attached hydrogen (secondary N) is 1. The molecule has 3 aromatic rings. The minimum atomic E-state index is -0.599. The van der Waals surface area contributed by atoms with Crippen molar-refractivity contribution >= 4 is 40.9 Å². The van der Waals surface area contributed by atoms with Crippen LogP contribution in [0.15, 0.2) is 91.0 Å². The molecule has 0 spiro atoms. The molecule has 2 amide bonds. The SMILES string of the molecule is C=CCc1c(O)cccc1C=C1C(=O)NC(=S)N(c2ccc(Oc3ccccc3)cc2)C1=O. The number of phenolic OH excluding ortho intramolecular Hbond substituents is 1. The Balaban J connectivity index is 1.64. The monoisotopic (exact) mass is 456 g/mol. The zero-order valence-electron chi connectivity index (χ0n) is 17.5. The normalized spacial score (nSPS) is 14.8. The summed E-state index contributed by atoms with van der Waals surface area (Å²) < 4.78 is 5.79. The quantitative estimate of drug-likeness (QED) is 0.242. The average molecular weight is 457 g/mol. The number of allylic oxidation sites excluding steroid dienone is 1. The van der Waals surface area contributed by atoms with E-state index in [1.807, 2.05) is 30.3 Å². The molecule has 0 unspecified atom stereocenters. The third-order valence-electron chi connectivity index (χ3n) is 5.01. The topological polar surface area (TPSA) is 78.9 Å². The van der Waals surface area contributed by atoms with Crippen LogP contribution in [0.3, 0.4) is 0 Å². The Kier molecular flexibility index (Phi) is 6.33. The number of nitrogens with zero attached hydrogens (tertiary/aromatic N) is 1. The lowest BCUT2D eigenvalue weighted by atomic mass is 9.99. The second-order valence-corrected chi connectivity index (χ2v) is 7.59. The molecule has 0 bridgehead atoms. The van der Waals surface area contributed by atoms with Crippen LogP contribution < -0.4 is 15.0 Å². The number of benzene rings is 3. The Morgan fingerprint density at radius 3 is 2.36 bits per heavy atom. The molecule has 33 heavy (non-hydrogen) atoms. The Hall–Kier alpha value is -4.23. The molecule has 1 fully saturated rings. The van der Waals surface area contributed by atoms with E-state index in [2.05, 4.69) is 11.9 Å². The molecular formula is C26H20N2O4S. The molecule has 3 aromatic carbocycles. The fraction of sp³-hybridized carbons (Fsp3) is 0.0385. The number of hydrogen-bond acceptors (Lipinski definition) is 5. The minimum Gasteiger partial charge on any atom is -0.508 e. The first-order valence-electron chi connectivity index (χ1n) is 10.1. The van der Waals surface area contributed by atoms with Crippen LogP contribution in [-0.4, -0.2) is 22.0 Å². The third-order valence-corrected chi connectivity index (χ3v) is 5.30. The van der Waals surface area contributed by atoms with Crippen molar-refractivity contribution in [3.05, 3.63) is 102 Å². The summed E-state index contributed by atoms with van der Waals surface area (Å²) in [6.07, 6.45) is 3.48. The number of hydrogen-bond donors (Lipinski definition) is 2. The van der Waals surface area contributed by atoms with Gasteiger partial charge in [0.25, 0.3) is 11.8 Å². The lowest BCUT2D eigenvalue weighted by molar-refractivity contribution is -0.122. The lowest BCUT2D eigenvalue weighted by Gasteiger charge is -2.29. The molecule has 1 heterocycles. The summed E-state index contributed by atoms with van der Waals surface area (Å²) >= 11 is 5.27. The van der Waals surface area contributed by atoms with Crippen molar-refractivity contribution in [1.82, 2.24) is 5.32 Å². The van der Waals surface area contributed by atoms with E-state index in [4.69, 9.17) is 17.0 Å². The van der Waals surface area contributed by atoms with Gasteiger partial charge in [0.15, 0.2) is 5.11 Å². The fourth-order valence-corrected chi connectivity index (χ4v) is 3.71. The van der Waals surface area contributed by atoms with E-state index < -0.39 is 11.8 Å². The van der Waals surface area contributed by atoms with Crippen LogP contribution in [0.5, 0.6) is 17.2 Å². The van der Waals surface area contributed by atoms with Gasteiger partial charge in [0.1, 0.15) is 22.8 Å². The van der Waals surface area contributed by atoms with E-state index in [0.29, 0.717) is 34.7 Å². The molecule has 0 radical (unpaired) electrons. The zero-order valence-corrected chi connectivity index (χ0v) is 18.3. The van der Waals surface area contributed by atoms with Crippen molar-refractivity contribution < 1.29 is 19.4 Å². The summed E-state index contributed by atoms with van der Waals surface area (Å²) in [6.45, 7) is 3.70. The number of ether oxygens (including phenoxy) is 1. The van der Waals surface area contributed by atoms with Crippen molar-refractivity contribution in [2.24, 2.45) is 0 Å². The fourth-order valence-electron chi connectivity index (χ4n) is 3.43. The number of para-hydroxylation sites is 1. The number of amides is 2. The minimum absolute atomic E-state index is 0.0129. The number of aromatic hydroxyl groups is 1. The lowest BCUT2D eigenvalue weighted by Crippen LogP contribution is -2.54. The van der Waals surface area contributed by atoms with Gasteiger partial charge in [-0.15, -0.1) is 6.58 Å². The second-order valence-electron chi connectivity index (χ2n) is 7.20. The maximum Gasteiger partial charge on any atom is 0.270 e. The smallest absolute Gasteiger partial charge is 0.270 e. The van der Waals surface area contributed by atoms with Crippen molar-refractivity contribution in [3.63, 3.8) is 0 Å². The van der Waals surface area contributed by atoms with E-state index in [1.165, 1.54) is 11.0 Å². The van der Waals surface area contributed by atoms with Gasteiger partial charge in [-0.1, -0.05) is 36.4 Å². The number of phenols is 1. The first-order valence-corrected chi connectivity index (χ1v) is 10.5. The summed E-state index contributed by atoms with van der Waals surface area (Å²) in [6, 6.07) is 21.1. The predicted molar refractivity (Wildman–Crippen MR) is 131 cm³/mol. The van der Waals surface area contributed by atoms with Crippen LogP contribution >= 0.6 is 12.2 Å². The van der Waals surface area contributed by atoms with Crippen molar-refractivity contribution in [1.29, 1.82) is 0 Å². The number of thiocarbonyl (C=S) groups is 1. The Bertz CT molecular complexity index is 1270. The Morgan fingerprint density at radius 1 is 0.970 bits per heavy atom. The van der Waals surface area contributed by atoms with Gasteiger partial charge in [-0.25, -0.2) is 0 Å². The molecule has 4 rings (SSSR count). The van der Waals surface area contributed by atoms with Crippen LogP contribution in [0.25, 0.3) is 6.08 Å². The Labute approximate surface area is 196 Å². The maximum atomic E-state index is 13.3. The largest absolute Gasteiger partial charge is 0.508 e. The van der Waals surface area contributed by atoms with Crippen LogP contribution in [0.2, 0.25) is 0 Å². The molecule has 6 nitrogen and oxygen atoms in total. The number of carbonyl (C=O) groups excluding carboxylic acids is 2. The van der Waals surface area contributed by atoms with Gasteiger partial charge in [-0.2, -0.15) is 0 Å². The molecule has 164 valence electrons. The molecule has 7 heteroatoms. The van der Waals surface area contributed by atoms with Gasteiger partial charge in [-0.3, -0.25) is 19.8 Å². The van der Waals surface area contributed by atoms with Gasteiger partial charge in [0, 0.05) is 5.56 Å².